The van der Waals surface area contributed by atoms with Gasteiger partial charge in [-0.2, -0.15) is 0 Å². The molecule has 7 heteroatoms. The van der Waals surface area contributed by atoms with Crippen LogP contribution in [-0.4, -0.2) is 15.4 Å². The molecule has 36 heavy (non-hydrogen) atoms. The van der Waals surface area contributed by atoms with Crippen molar-refractivity contribution in [1.29, 1.82) is 0 Å². The van der Waals surface area contributed by atoms with Gasteiger partial charge in [0.05, 0.1) is 11.1 Å². The summed E-state index contributed by atoms with van der Waals surface area (Å²) in [5.74, 6) is 0.677. The van der Waals surface area contributed by atoms with Crippen molar-refractivity contribution in [2.75, 3.05) is 0 Å². The number of nitrogens with zero attached hydrogens (tertiary/aromatic N) is 3. The Kier molecular flexibility index (Phi) is 5.94. The van der Waals surface area contributed by atoms with E-state index >= 15 is 0 Å². The fourth-order valence-corrected chi connectivity index (χ4v) is 4.49. The summed E-state index contributed by atoms with van der Waals surface area (Å²) in [7, 11) is 0. The molecule has 0 aliphatic carbocycles. The van der Waals surface area contributed by atoms with Crippen LogP contribution in [0.25, 0.3) is 55.9 Å². The summed E-state index contributed by atoms with van der Waals surface area (Å²) < 4.78 is 5.72. The van der Waals surface area contributed by atoms with Crippen molar-refractivity contribution in [3.05, 3.63) is 112 Å². The van der Waals surface area contributed by atoms with E-state index in [-0.39, 0.29) is 0 Å². The SMILES string of the molecule is Clc1ccc(-c2cc(-c3ccc4noc(-c5ccc(Cl)cc5)c4c3)c(-c3ccc(Cl)cc3)nn2)cc1. The van der Waals surface area contributed by atoms with E-state index in [2.05, 4.69) is 21.4 Å². The van der Waals surface area contributed by atoms with Gasteiger partial charge < -0.3 is 4.52 Å². The topological polar surface area (TPSA) is 51.8 Å². The molecule has 0 aliphatic heterocycles. The zero-order valence-electron chi connectivity index (χ0n) is 18.6. The molecule has 2 heterocycles. The van der Waals surface area contributed by atoms with Crippen molar-refractivity contribution in [3.63, 3.8) is 0 Å². The fraction of sp³-hybridized carbons (Fsp3) is 0. The van der Waals surface area contributed by atoms with E-state index in [1.807, 2.05) is 91.0 Å². The standard InChI is InChI=1S/C29H16Cl3N3O/c30-21-8-1-17(2-9-21)27-16-24(28(34-33-27)18-3-10-22(31)11-4-18)20-7-14-26-25(15-20)29(36-35-26)19-5-12-23(32)13-6-19/h1-16H. The largest absolute Gasteiger partial charge is 0.355 e. The highest BCUT2D eigenvalue weighted by molar-refractivity contribution is 6.31. The summed E-state index contributed by atoms with van der Waals surface area (Å²) in [6, 6.07) is 30.7. The van der Waals surface area contributed by atoms with Crippen LogP contribution in [0, 0.1) is 0 Å². The molecule has 0 atom stereocenters. The molecule has 4 aromatic carbocycles. The van der Waals surface area contributed by atoms with Gasteiger partial charge in [-0.25, -0.2) is 0 Å². The summed E-state index contributed by atoms with van der Waals surface area (Å²) in [4.78, 5) is 0. The second-order valence-corrected chi connectivity index (χ2v) is 9.57. The molecule has 0 saturated heterocycles. The highest BCUT2D eigenvalue weighted by atomic mass is 35.5. The monoisotopic (exact) mass is 527 g/mol. The Labute approximate surface area is 222 Å². The van der Waals surface area contributed by atoms with Crippen LogP contribution in [0.3, 0.4) is 0 Å². The van der Waals surface area contributed by atoms with Crippen LogP contribution in [0.4, 0.5) is 0 Å². The molecule has 0 amide bonds. The van der Waals surface area contributed by atoms with Gasteiger partial charge in [-0.3, -0.25) is 0 Å². The first kappa shape index (κ1) is 22.7. The minimum atomic E-state index is 0.657. The van der Waals surface area contributed by atoms with E-state index in [4.69, 9.17) is 39.3 Å². The Morgan fingerprint density at radius 3 is 1.72 bits per heavy atom. The van der Waals surface area contributed by atoms with Crippen molar-refractivity contribution in [3.8, 4) is 45.0 Å². The lowest BCUT2D eigenvalue weighted by molar-refractivity contribution is 0.441. The molecule has 0 bridgehead atoms. The Morgan fingerprint density at radius 2 is 1.08 bits per heavy atom. The minimum absolute atomic E-state index is 0.657. The number of fused-ring (bicyclic) bond motifs is 1. The lowest BCUT2D eigenvalue weighted by Crippen LogP contribution is -1.96. The number of benzene rings is 4. The quantitative estimate of drug-likeness (QED) is 0.229. The maximum absolute atomic E-state index is 6.14. The normalized spacial score (nSPS) is 11.2. The molecule has 0 fully saturated rings. The minimum Gasteiger partial charge on any atom is -0.355 e. The highest BCUT2D eigenvalue weighted by Gasteiger charge is 2.17. The molecule has 4 nitrogen and oxygen atoms in total. The van der Waals surface area contributed by atoms with Gasteiger partial charge in [0, 0.05) is 37.3 Å². The van der Waals surface area contributed by atoms with Crippen LogP contribution < -0.4 is 0 Å². The predicted molar refractivity (Wildman–Crippen MR) is 146 cm³/mol. The Morgan fingerprint density at radius 1 is 0.528 bits per heavy atom. The van der Waals surface area contributed by atoms with Gasteiger partial charge in [-0.1, -0.05) is 70.3 Å². The van der Waals surface area contributed by atoms with E-state index in [1.165, 1.54) is 0 Å². The first-order valence-corrected chi connectivity index (χ1v) is 12.2. The van der Waals surface area contributed by atoms with Gasteiger partial charge in [0.25, 0.3) is 0 Å². The average Bonchev–Trinajstić information content (AvgIpc) is 3.33. The number of aromatic nitrogens is 3. The van der Waals surface area contributed by atoms with Crippen molar-refractivity contribution in [2.45, 2.75) is 0 Å². The molecule has 2 aromatic heterocycles. The molecule has 6 rings (SSSR count). The van der Waals surface area contributed by atoms with E-state index in [0.717, 1.165) is 50.1 Å². The van der Waals surface area contributed by atoms with Gasteiger partial charge in [-0.15, -0.1) is 10.2 Å². The van der Waals surface area contributed by atoms with E-state index < -0.39 is 0 Å². The number of halogens is 3. The lowest BCUT2D eigenvalue weighted by Gasteiger charge is -2.11. The van der Waals surface area contributed by atoms with Crippen LogP contribution in [0.2, 0.25) is 15.1 Å². The first-order valence-electron chi connectivity index (χ1n) is 11.1. The van der Waals surface area contributed by atoms with Crippen LogP contribution >= 0.6 is 34.8 Å². The zero-order chi connectivity index (χ0) is 24.6. The highest BCUT2D eigenvalue weighted by Crippen LogP contribution is 2.37. The molecule has 0 saturated carbocycles. The van der Waals surface area contributed by atoms with Crippen molar-refractivity contribution in [2.24, 2.45) is 0 Å². The lowest BCUT2D eigenvalue weighted by atomic mass is 9.96. The van der Waals surface area contributed by atoms with Crippen molar-refractivity contribution < 1.29 is 4.52 Å². The van der Waals surface area contributed by atoms with Crippen molar-refractivity contribution in [1.82, 2.24) is 15.4 Å². The van der Waals surface area contributed by atoms with E-state index in [1.54, 1.807) is 0 Å². The molecule has 0 aliphatic rings. The average molecular weight is 529 g/mol. The van der Waals surface area contributed by atoms with Gasteiger partial charge in [0.15, 0.2) is 5.76 Å². The van der Waals surface area contributed by atoms with Crippen LogP contribution in [0.15, 0.2) is 102 Å². The number of hydrogen-bond donors (Lipinski definition) is 0. The van der Waals surface area contributed by atoms with E-state index in [9.17, 15) is 0 Å². The summed E-state index contributed by atoms with van der Waals surface area (Å²) in [6.07, 6.45) is 0. The summed E-state index contributed by atoms with van der Waals surface area (Å²) in [5.41, 5.74) is 6.84. The number of rotatable bonds is 4. The van der Waals surface area contributed by atoms with Crippen LogP contribution in [-0.2, 0) is 0 Å². The van der Waals surface area contributed by atoms with E-state index in [0.29, 0.717) is 20.8 Å². The molecule has 174 valence electrons. The van der Waals surface area contributed by atoms with Crippen LogP contribution in [0.1, 0.15) is 0 Å². The third-order valence-electron chi connectivity index (χ3n) is 5.95. The van der Waals surface area contributed by atoms with Gasteiger partial charge >= 0.3 is 0 Å². The molecule has 0 N–H and O–H groups in total. The zero-order valence-corrected chi connectivity index (χ0v) is 20.9. The first-order chi connectivity index (χ1) is 17.5. The second-order valence-electron chi connectivity index (χ2n) is 8.26. The summed E-state index contributed by atoms with van der Waals surface area (Å²) >= 11 is 18.3. The third kappa shape index (κ3) is 4.35. The second kappa shape index (κ2) is 9.40. The predicted octanol–water partition coefficient (Wildman–Crippen LogP) is 9.25. The van der Waals surface area contributed by atoms with Gasteiger partial charge in [-0.05, 0) is 72.3 Å². The number of hydrogen-bond acceptors (Lipinski definition) is 4. The smallest absolute Gasteiger partial charge is 0.174 e. The molecule has 0 radical (unpaired) electrons. The molecule has 6 aromatic rings. The summed E-state index contributed by atoms with van der Waals surface area (Å²) in [6.45, 7) is 0. The fourth-order valence-electron chi connectivity index (χ4n) is 4.11. The maximum Gasteiger partial charge on any atom is 0.174 e. The van der Waals surface area contributed by atoms with Crippen LogP contribution in [0.5, 0.6) is 0 Å². The molecule has 0 spiro atoms. The Bertz CT molecular complexity index is 1690. The third-order valence-corrected chi connectivity index (χ3v) is 6.70. The Hall–Kier alpha value is -3.70. The maximum atomic E-state index is 6.14. The molecule has 0 unspecified atom stereocenters. The van der Waals surface area contributed by atoms with Gasteiger partial charge in [0.2, 0.25) is 0 Å². The molecular formula is C29H16Cl3N3O. The van der Waals surface area contributed by atoms with Crippen molar-refractivity contribution >= 4 is 45.7 Å². The Balaban J connectivity index is 1.54. The summed E-state index contributed by atoms with van der Waals surface area (Å²) in [5, 5.41) is 16.3. The van der Waals surface area contributed by atoms with Gasteiger partial charge in [0.1, 0.15) is 11.2 Å². The molecular weight excluding hydrogens is 513 g/mol.